The van der Waals surface area contributed by atoms with E-state index in [1.54, 1.807) is 0 Å². The summed E-state index contributed by atoms with van der Waals surface area (Å²) in [5.41, 5.74) is -0.184. The highest BCUT2D eigenvalue weighted by atomic mass is 35.5. The Morgan fingerprint density at radius 3 is 2.68 bits per heavy atom. The summed E-state index contributed by atoms with van der Waals surface area (Å²) in [7, 11) is 0. The van der Waals surface area contributed by atoms with Crippen molar-refractivity contribution in [2.24, 2.45) is 5.92 Å². The molecule has 19 heavy (non-hydrogen) atoms. The van der Waals surface area contributed by atoms with Gasteiger partial charge < -0.3 is 10.4 Å². The van der Waals surface area contributed by atoms with Gasteiger partial charge in [0.2, 0.25) is 0 Å². The predicted octanol–water partition coefficient (Wildman–Crippen LogP) is 2.10. The Balaban J connectivity index is 2.87. The molecule has 0 fully saturated rings. The molecule has 1 atom stereocenters. The summed E-state index contributed by atoms with van der Waals surface area (Å²) in [4.78, 5) is 26.4. The number of rotatable bonds is 5. The van der Waals surface area contributed by atoms with E-state index < -0.39 is 23.7 Å². The van der Waals surface area contributed by atoms with Gasteiger partial charge in [0.15, 0.2) is 0 Å². The van der Waals surface area contributed by atoms with Crippen LogP contribution in [0.25, 0.3) is 0 Å². The van der Waals surface area contributed by atoms with Gasteiger partial charge in [0.05, 0.1) is 11.8 Å². The van der Waals surface area contributed by atoms with Gasteiger partial charge >= 0.3 is 5.97 Å². The largest absolute Gasteiger partial charge is 0.480 e. The second-order valence-corrected chi connectivity index (χ2v) is 4.84. The highest BCUT2D eigenvalue weighted by Crippen LogP contribution is 2.14. The molecule has 0 radical (unpaired) electrons. The normalized spacial score (nSPS) is 12.3. The number of hydrogen-bond acceptors (Lipinski definition) is 3. The Hall–Kier alpha value is -1.69. The number of aliphatic carboxylic acids is 1. The molecule has 0 spiro atoms. The SMILES string of the molecule is CC(C)C[C@@H](NC(=O)c1cc(F)cnc1Cl)C(=O)O. The lowest BCUT2D eigenvalue weighted by molar-refractivity contribution is -0.139. The number of carbonyl (C=O) groups excluding carboxylic acids is 1. The van der Waals surface area contributed by atoms with Crippen molar-refractivity contribution in [3.8, 4) is 0 Å². The Kier molecular flexibility index (Phi) is 5.23. The van der Waals surface area contributed by atoms with Crippen LogP contribution in [0.5, 0.6) is 0 Å². The molecule has 1 aromatic rings. The van der Waals surface area contributed by atoms with Crippen LogP contribution in [0, 0.1) is 11.7 Å². The van der Waals surface area contributed by atoms with Gasteiger partial charge in [0.25, 0.3) is 5.91 Å². The molecule has 1 amide bonds. The molecule has 1 heterocycles. The average molecular weight is 289 g/mol. The summed E-state index contributed by atoms with van der Waals surface area (Å²) in [5, 5.41) is 11.1. The van der Waals surface area contributed by atoms with Crippen LogP contribution in [0.2, 0.25) is 5.15 Å². The van der Waals surface area contributed by atoms with Crippen molar-refractivity contribution in [1.29, 1.82) is 0 Å². The summed E-state index contributed by atoms with van der Waals surface area (Å²) in [6.07, 6.45) is 1.14. The molecule has 104 valence electrons. The van der Waals surface area contributed by atoms with E-state index in [-0.39, 0.29) is 23.1 Å². The minimum absolute atomic E-state index is 0.0857. The van der Waals surface area contributed by atoms with Crippen molar-refractivity contribution in [3.05, 3.63) is 28.8 Å². The van der Waals surface area contributed by atoms with Crippen LogP contribution in [0.3, 0.4) is 0 Å². The van der Waals surface area contributed by atoms with Crippen LogP contribution in [-0.4, -0.2) is 28.0 Å². The number of amides is 1. The highest BCUT2D eigenvalue weighted by molar-refractivity contribution is 6.32. The molecule has 1 rings (SSSR count). The maximum Gasteiger partial charge on any atom is 0.326 e. The minimum atomic E-state index is -1.15. The summed E-state index contributed by atoms with van der Waals surface area (Å²) < 4.78 is 13.0. The van der Waals surface area contributed by atoms with Crippen molar-refractivity contribution in [2.45, 2.75) is 26.3 Å². The number of carbonyl (C=O) groups is 2. The third-order valence-corrected chi connectivity index (χ3v) is 2.66. The van der Waals surface area contributed by atoms with E-state index in [2.05, 4.69) is 10.3 Å². The van der Waals surface area contributed by atoms with Gasteiger partial charge in [-0.1, -0.05) is 25.4 Å². The van der Waals surface area contributed by atoms with E-state index in [0.717, 1.165) is 12.3 Å². The van der Waals surface area contributed by atoms with Crippen molar-refractivity contribution < 1.29 is 19.1 Å². The molecule has 0 saturated carbocycles. The quantitative estimate of drug-likeness (QED) is 0.813. The molecule has 1 aromatic heterocycles. The van der Waals surface area contributed by atoms with Crippen LogP contribution in [0.1, 0.15) is 30.6 Å². The van der Waals surface area contributed by atoms with Crippen LogP contribution < -0.4 is 5.32 Å². The van der Waals surface area contributed by atoms with Gasteiger partial charge in [-0.3, -0.25) is 4.79 Å². The smallest absolute Gasteiger partial charge is 0.326 e. The van der Waals surface area contributed by atoms with E-state index >= 15 is 0 Å². The number of halogens is 2. The third kappa shape index (κ3) is 4.48. The number of hydrogen-bond donors (Lipinski definition) is 2. The fourth-order valence-electron chi connectivity index (χ4n) is 1.51. The molecule has 0 aliphatic carbocycles. The lowest BCUT2D eigenvalue weighted by atomic mass is 10.0. The van der Waals surface area contributed by atoms with Gasteiger partial charge in [-0.2, -0.15) is 0 Å². The van der Waals surface area contributed by atoms with Gasteiger partial charge in [0, 0.05) is 0 Å². The van der Waals surface area contributed by atoms with Gasteiger partial charge in [-0.05, 0) is 18.4 Å². The monoisotopic (exact) mass is 288 g/mol. The summed E-state index contributed by atoms with van der Waals surface area (Å²) in [6, 6.07) is -0.134. The zero-order valence-electron chi connectivity index (χ0n) is 10.5. The Morgan fingerprint density at radius 2 is 2.16 bits per heavy atom. The first-order valence-corrected chi connectivity index (χ1v) is 6.03. The van der Waals surface area contributed by atoms with Crippen LogP contribution in [0.4, 0.5) is 4.39 Å². The maximum absolute atomic E-state index is 13.0. The lowest BCUT2D eigenvalue weighted by Crippen LogP contribution is -2.41. The third-order valence-electron chi connectivity index (χ3n) is 2.36. The molecule has 0 aliphatic rings. The Bertz CT molecular complexity index is 494. The van der Waals surface area contributed by atoms with Gasteiger partial charge in [0.1, 0.15) is 17.0 Å². The zero-order chi connectivity index (χ0) is 14.6. The molecule has 7 heteroatoms. The maximum atomic E-state index is 13.0. The fourth-order valence-corrected chi connectivity index (χ4v) is 1.70. The summed E-state index contributed by atoms with van der Waals surface area (Å²) >= 11 is 5.67. The Morgan fingerprint density at radius 1 is 1.53 bits per heavy atom. The van der Waals surface area contributed by atoms with Gasteiger partial charge in [-0.25, -0.2) is 14.2 Å². The molecular formula is C12H14ClFN2O3. The summed E-state index contributed by atoms with van der Waals surface area (Å²) in [5.74, 6) is -2.54. The van der Waals surface area contributed by atoms with E-state index in [9.17, 15) is 14.0 Å². The van der Waals surface area contributed by atoms with E-state index in [0.29, 0.717) is 0 Å². The van der Waals surface area contributed by atoms with Crippen LogP contribution in [0.15, 0.2) is 12.3 Å². The van der Waals surface area contributed by atoms with E-state index in [1.165, 1.54) is 0 Å². The molecule has 0 aromatic carbocycles. The van der Waals surface area contributed by atoms with Crippen molar-refractivity contribution in [2.75, 3.05) is 0 Å². The molecule has 0 aliphatic heterocycles. The second kappa shape index (κ2) is 6.47. The van der Waals surface area contributed by atoms with Gasteiger partial charge in [-0.15, -0.1) is 0 Å². The van der Waals surface area contributed by atoms with Crippen LogP contribution >= 0.6 is 11.6 Å². The molecule has 5 nitrogen and oxygen atoms in total. The lowest BCUT2D eigenvalue weighted by Gasteiger charge is -2.16. The molecule has 0 unspecified atom stereocenters. The summed E-state index contributed by atoms with van der Waals surface area (Å²) in [6.45, 7) is 3.66. The topological polar surface area (TPSA) is 79.3 Å². The average Bonchev–Trinajstić information content (AvgIpc) is 2.30. The number of nitrogens with one attached hydrogen (secondary N) is 1. The van der Waals surface area contributed by atoms with Crippen molar-refractivity contribution >= 4 is 23.5 Å². The molecule has 0 bridgehead atoms. The highest BCUT2D eigenvalue weighted by Gasteiger charge is 2.23. The predicted molar refractivity (Wildman–Crippen MR) is 67.6 cm³/mol. The Labute approximate surface area is 114 Å². The van der Waals surface area contributed by atoms with E-state index in [1.807, 2.05) is 13.8 Å². The first kappa shape index (κ1) is 15.4. The number of aromatic nitrogens is 1. The van der Waals surface area contributed by atoms with Crippen molar-refractivity contribution in [1.82, 2.24) is 10.3 Å². The number of nitrogens with zero attached hydrogens (tertiary/aromatic N) is 1. The number of carboxylic acid groups (broad SMARTS) is 1. The first-order valence-electron chi connectivity index (χ1n) is 5.66. The van der Waals surface area contributed by atoms with Crippen molar-refractivity contribution in [3.63, 3.8) is 0 Å². The first-order chi connectivity index (χ1) is 8.81. The van der Waals surface area contributed by atoms with Crippen LogP contribution in [-0.2, 0) is 4.79 Å². The number of pyridine rings is 1. The molecular weight excluding hydrogens is 275 g/mol. The molecule has 2 N–H and O–H groups in total. The van der Waals surface area contributed by atoms with E-state index in [4.69, 9.17) is 16.7 Å². The second-order valence-electron chi connectivity index (χ2n) is 4.49. The fraction of sp³-hybridized carbons (Fsp3) is 0.417. The number of carboxylic acids is 1. The molecule has 0 saturated heterocycles. The zero-order valence-corrected chi connectivity index (χ0v) is 11.2. The minimum Gasteiger partial charge on any atom is -0.480 e. The standard InChI is InChI=1S/C12H14ClFN2O3/c1-6(2)3-9(12(18)19)16-11(17)8-4-7(14)5-15-10(8)13/h4-6,9H,3H2,1-2H3,(H,16,17)(H,18,19)/t9-/m1/s1.